The van der Waals surface area contributed by atoms with Gasteiger partial charge in [0.15, 0.2) is 0 Å². The van der Waals surface area contributed by atoms with Crippen molar-refractivity contribution in [3.8, 4) is 0 Å². The number of sulfonamides is 1. The molecule has 9 nitrogen and oxygen atoms in total. The van der Waals surface area contributed by atoms with E-state index in [1.165, 1.54) is 29.7 Å². The molecule has 0 radical (unpaired) electrons. The molecular weight excluding hydrogens is 426 g/mol. The Labute approximate surface area is 177 Å². The van der Waals surface area contributed by atoms with Crippen LogP contribution in [0.5, 0.6) is 0 Å². The van der Waals surface area contributed by atoms with Gasteiger partial charge < -0.3 is 0 Å². The predicted octanol–water partition coefficient (Wildman–Crippen LogP) is 4.22. The first-order valence-corrected chi connectivity index (χ1v) is 11.1. The second-order valence-corrected chi connectivity index (χ2v) is 9.27. The average Bonchev–Trinajstić information content (AvgIpc) is 3.09. The number of hydrogen-bond acceptors (Lipinski definition) is 8. The molecule has 0 aliphatic carbocycles. The average molecular weight is 446 g/mol. The lowest BCUT2D eigenvalue weighted by atomic mass is 10.1. The molecule has 0 aliphatic rings. The fraction of sp³-hybridized carbons (Fsp3) is 0.158. The largest absolute Gasteiger partial charge is 0.295 e. The molecular formula is C19H19N5O4S2. The Morgan fingerprint density at radius 1 is 1.13 bits per heavy atom. The highest BCUT2D eigenvalue weighted by Crippen LogP contribution is 2.29. The van der Waals surface area contributed by atoms with E-state index in [-0.39, 0.29) is 10.6 Å². The van der Waals surface area contributed by atoms with Crippen LogP contribution in [0.25, 0.3) is 0 Å². The minimum atomic E-state index is -4.01. The molecule has 11 heteroatoms. The van der Waals surface area contributed by atoms with Gasteiger partial charge in [-0.05, 0) is 44.5 Å². The van der Waals surface area contributed by atoms with E-state index in [1.807, 2.05) is 19.9 Å². The van der Waals surface area contributed by atoms with Crippen LogP contribution >= 0.6 is 11.3 Å². The van der Waals surface area contributed by atoms with Crippen LogP contribution in [0.4, 0.5) is 17.1 Å². The fourth-order valence-corrected chi connectivity index (χ4v) is 4.38. The van der Waals surface area contributed by atoms with Crippen LogP contribution in [0, 0.1) is 30.9 Å². The van der Waals surface area contributed by atoms with Crippen LogP contribution in [0.1, 0.15) is 21.8 Å². The zero-order chi connectivity index (χ0) is 21.9. The number of rotatable bonds is 7. The number of aromatic nitrogens is 1. The monoisotopic (exact) mass is 445 g/mol. The van der Waals surface area contributed by atoms with Gasteiger partial charge >= 0.3 is 0 Å². The molecule has 0 amide bonds. The maximum atomic E-state index is 12.7. The van der Waals surface area contributed by atoms with E-state index < -0.39 is 20.6 Å². The zero-order valence-electron chi connectivity index (χ0n) is 16.4. The molecule has 0 spiro atoms. The van der Waals surface area contributed by atoms with Crippen LogP contribution in [-0.2, 0) is 10.0 Å². The lowest BCUT2D eigenvalue weighted by Gasteiger charge is -2.12. The molecule has 1 aromatic heterocycles. The van der Waals surface area contributed by atoms with Crippen molar-refractivity contribution in [1.82, 2.24) is 4.98 Å². The minimum absolute atomic E-state index is 0.0636. The third-order valence-corrected chi connectivity index (χ3v) is 6.28. The number of aryl methyl sites for hydroxylation is 3. The third-order valence-electron chi connectivity index (χ3n) is 4.12. The minimum Gasteiger partial charge on any atom is -0.279 e. The van der Waals surface area contributed by atoms with Crippen molar-refractivity contribution in [2.75, 3.05) is 10.1 Å². The number of thiazole rings is 1. The molecule has 3 rings (SSSR count). The van der Waals surface area contributed by atoms with Crippen molar-refractivity contribution in [2.45, 2.75) is 25.7 Å². The lowest BCUT2D eigenvalue weighted by Crippen LogP contribution is -2.14. The van der Waals surface area contributed by atoms with Gasteiger partial charge in [-0.3, -0.25) is 20.3 Å². The Balaban J connectivity index is 1.86. The SMILES string of the molecule is Cc1ccc(NS(=O)(=O)c2ccc(N/N=C/c3csc(C)n3)c([N+](=O)[O-])c2)c(C)c1. The summed E-state index contributed by atoms with van der Waals surface area (Å²) in [6.07, 6.45) is 1.43. The highest BCUT2D eigenvalue weighted by Gasteiger charge is 2.22. The molecule has 0 saturated carbocycles. The number of nitro benzene ring substituents is 1. The highest BCUT2D eigenvalue weighted by molar-refractivity contribution is 7.92. The maximum Gasteiger partial charge on any atom is 0.295 e. The number of nitrogens with zero attached hydrogens (tertiary/aromatic N) is 3. The molecule has 0 saturated heterocycles. The lowest BCUT2D eigenvalue weighted by molar-refractivity contribution is -0.384. The van der Waals surface area contributed by atoms with Gasteiger partial charge in [-0.25, -0.2) is 13.4 Å². The first-order chi connectivity index (χ1) is 14.2. The van der Waals surface area contributed by atoms with Crippen molar-refractivity contribution < 1.29 is 13.3 Å². The van der Waals surface area contributed by atoms with Crippen LogP contribution in [0.3, 0.4) is 0 Å². The summed E-state index contributed by atoms with van der Waals surface area (Å²) in [7, 11) is -4.01. The molecule has 3 aromatic rings. The Morgan fingerprint density at radius 3 is 2.50 bits per heavy atom. The van der Waals surface area contributed by atoms with E-state index >= 15 is 0 Å². The molecule has 156 valence electrons. The first-order valence-electron chi connectivity index (χ1n) is 8.75. The van der Waals surface area contributed by atoms with Crippen molar-refractivity contribution in [3.05, 3.63) is 73.7 Å². The Morgan fingerprint density at radius 2 is 1.87 bits per heavy atom. The van der Waals surface area contributed by atoms with E-state index in [4.69, 9.17) is 0 Å². The number of anilines is 2. The number of nitrogens with one attached hydrogen (secondary N) is 2. The van der Waals surface area contributed by atoms with E-state index in [9.17, 15) is 18.5 Å². The summed E-state index contributed by atoms with van der Waals surface area (Å²) >= 11 is 1.45. The van der Waals surface area contributed by atoms with Gasteiger partial charge in [0.25, 0.3) is 15.7 Å². The quantitative estimate of drug-likeness (QED) is 0.318. The Hall–Kier alpha value is -3.31. The third kappa shape index (κ3) is 4.99. The highest BCUT2D eigenvalue weighted by atomic mass is 32.2. The molecule has 30 heavy (non-hydrogen) atoms. The van der Waals surface area contributed by atoms with Crippen LogP contribution < -0.4 is 10.1 Å². The summed E-state index contributed by atoms with van der Waals surface area (Å²) in [6, 6.07) is 8.86. The maximum absolute atomic E-state index is 12.7. The normalized spacial score (nSPS) is 11.6. The van der Waals surface area contributed by atoms with Crippen LogP contribution in [-0.4, -0.2) is 24.5 Å². The second kappa shape index (κ2) is 8.59. The molecule has 2 N–H and O–H groups in total. The second-order valence-electron chi connectivity index (χ2n) is 6.52. The van der Waals surface area contributed by atoms with Crippen LogP contribution in [0.15, 0.2) is 51.8 Å². The molecule has 0 fully saturated rings. The van der Waals surface area contributed by atoms with Crippen molar-refractivity contribution in [2.24, 2.45) is 5.10 Å². The van der Waals surface area contributed by atoms with Gasteiger partial charge in [-0.2, -0.15) is 5.10 Å². The molecule has 1 heterocycles. The summed E-state index contributed by atoms with van der Waals surface area (Å²) in [5, 5.41) is 18.1. The number of hydrogen-bond donors (Lipinski definition) is 2. The number of benzene rings is 2. The van der Waals surface area contributed by atoms with E-state index in [0.29, 0.717) is 11.4 Å². The van der Waals surface area contributed by atoms with E-state index in [0.717, 1.165) is 22.2 Å². The van der Waals surface area contributed by atoms with Gasteiger partial charge in [0.1, 0.15) is 5.69 Å². The van der Waals surface area contributed by atoms with E-state index in [2.05, 4.69) is 20.2 Å². The number of nitro groups is 1. The summed E-state index contributed by atoms with van der Waals surface area (Å²) in [5.41, 5.74) is 4.99. The Kier molecular flexibility index (Phi) is 6.13. The summed E-state index contributed by atoms with van der Waals surface area (Å²) < 4.78 is 27.9. The topological polar surface area (TPSA) is 127 Å². The molecule has 0 unspecified atom stereocenters. The van der Waals surface area contributed by atoms with Crippen LogP contribution in [0.2, 0.25) is 0 Å². The predicted molar refractivity (Wildman–Crippen MR) is 118 cm³/mol. The molecule has 0 atom stereocenters. The van der Waals surface area contributed by atoms with Crippen molar-refractivity contribution >= 4 is 44.6 Å². The molecule has 0 aliphatic heterocycles. The zero-order valence-corrected chi connectivity index (χ0v) is 18.0. The summed E-state index contributed by atoms with van der Waals surface area (Å²) in [5.74, 6) is 0. The first kappa shape index (κ1) is 21.4. The fourth-order valence-electron chi connectivity index (χ4n) is 2.66. The summed E-state index contributed by atoms with van der Waals surface area (Å²) in [4.78, 5) is 14.8. The van der Waals surface area contributed by atoms with Crippen molar-refractivity contribution in [1.29, 1.82) is 0 Å². The molecule has 2 aromatic carbocycles. The van der Waals surface area contributed by atoms with Gasteiger partial charge in [0.05, 0.1) is 32.4 Å². The smallest absolute Gasteiger partial charge is 0.279 e. The van der Waals surface area contributed by atoms with Crippen molar-refractivity contribution in [3.63, 3.8) is 0 Å². The Bertz CT molecular complexity index is 1240. The van der Waals surface area contributed by atoms with Gasteiger partial charge in [-0.15, -0.1) is 11.3 Å². The molecule has 0 bridgehead atoms. The van der Waals surface area contributed by atoms with E-state index in [1.54, 1.807) is 24.4 Å². The number of hydrazone groups is 1. The van der Waals surface area contributed by atoms with Gasteiger partial charge in [0.2, 0.25) is 0 Å². The summed E-state index contributed by atoms with van der Waals surface area (Å²) in [6.45, 7) is 5.53. The van der Waals surface area contributed by atoms with Gasteiger partial charge in [-0.1, -0.05) is 17.7 Å². The van der Waals surface area contributed by atoms with Gasteiger partial charge in [0, 0.05) is 11.4 Å². The standard InChI is InChI=1S/C19H19N5O4S2/c1-12-4-6-17(13(2)8-12)23-30(27,28)16-5-7-18(19(9-16)24(25)26)22-20-10-15-11-29-14(3)21-15/h4-11,22-23H,1-3H3/b20-10+.